The minimum absolute atomic E-state index is 0.193. The Morgan fingerprint density at radius 2 is 2.00 bits per heavy atom. The van der Waals surface area contributed by atoms with Gasteiger partial charge in [-0.3, -0.25) is 0 Å². The Morgan fingerprint density at radius 1 is 1.26 bits per heavy atom. The first-order valence-electron chi connectivity index (χ1n) is 6.80. The zero-order valence-corrected chi connectivity index (χ0v) is 12.3. The number of hydrogen-bond acceptors (Lipinski definition) is 2. The van der Waals surface area contributed by atoms with Gasteiger partial charge >= 0.3 is 6.18 Å². The molecule has 0 aliphatic rings. The topological polar surface area (TPSA) is 41.6 Å². The molecule has 1 aromatic heterocycles. The normalized spacial score (nSPS) is 11.0. The molecule has 0 aliphatic heterocycles. The molecule has 0 saturated heterocycles. The molecule has 3 nitrogen and oxygen atoms in total. The third kappa shape index (κ3) is 3.51. The summed E-state index contributed by atoms with van der Waals surface area (Å²) in [6.07, 6.45) is 0.0000215. The van der Waals surface area contributed by atoms with Gasteiger partial charge in [0.15, 0.2) is 5.69 Å². The molecular formula is C17H14F3N3. The van der Waals surface area contributed by atoms with Crippen LogP contribution in [-0.2, 0) is 19.1 Å². The monoisotopic (exact) mass is 317 g/mol. The molecule has 0 saturated carbocycles. The lowest BCUT2D eigenvalue weighted by Crippen LogP contribution is -2.05. The number of nitrogens with zero attached hydrogens (tertiary/aromatic N) is 3. The van der Waals surface area contributed by atoms with Gasteiger partial charge < -0.3 is 4.57 Å². The molecule has 6 heteroatoms. The molecular weight excluding hydrogens is 303 g/mol. The van der Waals surface area contributed by atoms with Crippen LogP contribution in [0.4, 0.5) is 13.2 Å². The molecule has 118 valence electrons. The van der Waals surface area contributed by atoms with Gasteiger partial charge in [0.25, 0.3) is 0 Å². The molecule has 23 heavy (non-hydrogen) atoms. The molecule has 0 spiro atoms. The standard InChI is InChI=1S/C17H14F3N3/c1-3-5-13-9-12(10-21)6-7-14(13)16-22-15(17(18,19)20)11-23(16)8-4-2/h3-4,6-7,9,11H,1-2,5,8H2. The summed E-state index contributed by atoms with van der Waals surface area (Å²) in [4.78, 5) is 3.74. The number of alkyl halides is 3. The van der Waals surface area contributed by atoms with Crippen LogP contribution in [0.2, 0.25) is 0 Å². The summed E-state index contributed by atoms with van der Waals surface area (Å²) in [5, 5.41) is 8.98. The van der Waals surface area contributed by atoms with Gasteiger partial charge in [-0.15, -0.1) is 13.2 Å². The first-order valence-corrected chi connectivity index (χ1v) is 6.80. The Morgan fingerprint density at radius 3 is 2.57 bits per heavy atom. The van der Waals surface area contributed by atoms with Crippen LogP contribution in [0, 0.1) is 11.3 Å². The first-order chi connectivity index (χ1) is 10.9. The van der Waals surface area contributed by atoms with Crippen LogP contribution in [0.15, 0.2) is 49.7 Å². The average Bonchev–Trinajstić information content (AvgIpc) is 2.92. The van der Waals surface area contributed by atoms with Gasteiger partial charge in [0.1, 0.15) is 5.82 Å². The van der Waals surface area contributed by atoms with E-state index < -0.39 is 11.9 Å². The summed E-state index contributed by atoms with van der Waals surface area (Å²) in [5.74, 6) is 0.193. The van der Waals surface area contributed by atoms with Crippen molar-refractivity contribution in [2.45, 2.75) is 19.1 Å². The fourth-order valence-corrected chi connectivity index (χ4v) is 2.25. The second-order valence-electron chi connectivity index (χ2n) is 4.87. The van der Waals surface area contributed by atoms with Crippen molar-refractivity contribution >= 4 is 0 Å². The summed E-state index contributed by atoms with van der Waals surface area (Å²) in [7, 11) is 0. The van der Waals surface area contributed by atoms with E-state index in [-0.39, 0.29) is 12.4 Å². The SMILES string of the molecule is C=CCc1cc(C#N)ccc1-c1nc(C(F)(F)F)cn1CC=C. The molecule has 0 unspecified atom stereocenters. The Kier molecular flexibility index (Phi) is 4.70. The van der Waals surface area contributed by atoms with E-state index in [2.05, 4.69) is 18.1 Å². The van der Waals surface area contributed by atoms with E-state index >= 15 is 0 Å². The highest BCUT2D eigenvalue weighted by atomic mass is 19.4. The van der Waals surface area contributed by atoms with Crippen molar-refractivity contribution in [3.8, 4) is 17.5 Å². The highest BCUT2D eigenvalue weighted by Gasteiger charge is 2.35. The van der Waals surface area contributed by atoms with Crippen molar-refractivity contribution in [1.82, 2.24) is 9.55 Å². The third-order valence-electron chi connectivity index (χ3n) is 3.23. The van der Waals surface area contributed by atoms with Crippen LogP contribution >= 0.6 is 0 Å². The number of halogens is 3. The smallest absolute Gasteiger partial charge is 0.327 e. The minimum Gasteiger partial charge on any atom is -0.327 e. The van der Waals surface area contributed by atoms with E-state index in [1.807, 2.05) is 6.07 Å². The second kappa shape index (κ2) is 6.53. The molecule has 0 bridgehead atoms. The lowest BCUT2D eigenvalue weighted by Gasteiger charge is -2.10. The molecule has 0 fully saturated rings. The van der Waals surface area contributed by atoms with Crippen molar-refractivity contribution < 1.29 is 13.2 Å². The molecule has 0 amide bonds. The molecule has 1 aromatic carbocycles. The van der Waals surface area contributed by atoms with Crippen LogP contribution in [0.1, 0.15) is 16.8 Å². The van der Waals surface area contributed by atoms with Crippen LogP contribution in [0.3, 0.4) is 0 Å². The summed E-state index contributed by atoms with van der Waals surface area (Å²) in [6.45, 7) is 7.40. The minimum atomic E-state index is -4.52. The van der Waals surface area contributed by atoms with Crippen LogP contribution in [0.25, 0.3) is 11.4 Å². The predicted octanol–water partition coefficient (Wildman–Crippen LogP) is 4.36. The number of imidazole rings is 1. The van der Waals surface area contributed by atoms with E-state index in [9.17, 15) is 13.2 Å². The van der Waals surface area contributed by atoms with Gasteiger partial charge in [-0.2, -0.15) is 18.4 Å². The van der Waals surface area contributed by atoms with Crippen molar-refractivity contribution in [1.29, 1.82) is 5.26 Å². The number of nitriles is 1. The molecule has 0 aliphatic carbocycles. The Bertz CT molecular complexity index is 779. The van der Waals surface area contributed by atoms with Gasteiger partial charge in [-0.1, -0.05) is 12.2 Å². The lowest BCUT2D eigenvalue weighted by molar-refractivity contribution is -0.140. The number of allylic oxidation sites excluding steroid dienone is 2. The third-order valence-corrected chi connectivity index (χ3v) is 3.23. The second-order valence-corrected chi connectivity index (χ2v) is 4.87. The molecule has 2 aromatic rings. The van der Waals surface area contributed by atoms with Gasteiger partial charge in [-0.25, -0.2) is 4.98 Å². The summed E-state index contributed by atoms with van der Waals surface area (Å²) in [5.41, 5.74) is 0.719. The van der Waals surface area contributed by atoms with Gasteiger partial charge in [0.05, 0.1) is 11.6 Å². The van der Waals surface area contributed by atoms with Crippen molar-refractivity contribution in [3.63, 3.8) is 0 Å². The molecule has 0 atom stereocenters. The number of benzene rings is 1. The predicted molar refractivity (Wildman–Crippen MR) is 81.5 cm³/mol. The lowest BCUT2D eigenvalue weighted by atomic mass is 10.0. The van der Waals surface area contributed by atoms with Gasteiger partial charge in [0.2, 0.25) is 0 Å². The number of aromatic nitrogens is 2. The van der Waals surface area contributed by atoms with E-state index in [0.717, 1.165) is 6.20 Å². The first kappa shape index (κ1) is 16.6. The average molecular weight is 317 g/mol. The quantitative estimate of drug-likeness (QED) is 0.769. The number of hydrogen-bond donors (Lipinski definition) is 0. The fourth-order valence-electron chi connectivity index (χ4n) is 2.25. The molecule has 1 heterocycles. The van der Waals surface area contributed by atoms with Crippen molar-refractivity contribution in [3.05, 3.63) is 66.5 Å². The zero-order chi connectivity index (χ0) is 17.0. The van der Waals surface area contributed by atoms with Crippen LogP contribution in [-0.4, -0.2) is 9.55 Å². The summed E-state index contributed by atoms with van der Waals surface area (Å²) >= 11 is 0. The van der Waals surface area contributed by atoms with Gasteiger partial charge in [-0.05, 0) is 30.2 Å². The maximum absolute atomic E-state index is 12.9. The van der Waals surface area contributed by atoms with Crippen molar-refractivity contribution in [2.75, 3.05) is 0 Å². The largest absolute Gasteiger partial charge is 0.434 e. The Hall–Kier alpha value is -2.81. The number of rotatable bonds is 5. The van der Waals surface area contributed by atoms with E-state index in [1.165, 1.54) is 10.6 Å². The fraction of sp³-hybridized carbons (Fsp3) is 0.176. The molecule has 2 rings (SSSR count). The van der Waals surface area contributed by atoms with Crippen LogP contribution < -0.4 is 0 Å². The van der Waals surface area contributed by atoms with Gasteiger partial charge in [0, 0.05) is 18.3 Å². The molecule has 0 radical (unpaired) electrons. The Balaban J connectivity index is 2.65. The van der Waals surface area contributed by atoms with E-state index in [0.29, 0.717) is 23.1 Å². The maximum Gasteiger partial charge on any atom is 0.434 e. The van der Waals surface area contributed by atoms with E-state index in [1.54, 1.807) is 24.3 Å². The molecule has 0 N–H and O–H groups in total. The summed E-state index contributed by atoms with van der Waals surface area (Å²) < 4.78 is 40.2. The van der Waals surface area contributed by atoms with Crippen LogP contribution in [0.5, 0.6) is 0 Å². The van der Waals surface area contributed by atoms with Crippen molar-refractivity contribution in [2.24, 2.45) is 0 Å². The van der Waals surface area contributed by atoms with E-state index in [4.69, 9.17) is 5.26 Å². The highest BCUT2D eigenvalue weighted by Crippen LogP contribution is 2.32. The summed E-state index contributed by atoms with van der Waals surface area (Å²) in [6, 6.07) is 6.82. The zero-order valence-electron chi connectivity index (χ0n) is 12.3. The Labute approximate surface area is 132 Å². The highest BCUT2D eigenvalue weighted by molar-refractivity contribution is 5.63. The maximum atomic E-state index is 12.9.